The molecule has 0 spiro atoms. The Kier molecular flexibility index (Phi) is 4.49. The van der Waals surface area contributed by atoms with E-state index in [2.05, 4.69) is 15.2 Å². The molecule has 0 aliphatic carbocycles. The highest BCUT2D eigenvalue weighted by molar-refractivity contribution is 5.76. The highest BCUT2D eigenvalue weighted by Gasteiger charge is 2.27. The van der Waals surface area contributed by atoms with E-state index in [1.807, 2.05) is 14.0 Å². The number of hydrogen-bond donors (Lipinski definition) is 0. The highest BCUT2D eigenvalue weighted by Crippen LogP contribution is 2.23. The van der Waals surface area contributed by atoms with Gasteiger partial charge in [-0.2, -0.15) is 10.1 Å². The van der Waals surface area contributed by atoms with Gasteiger partial charge in [0.25, 0.3) is 0 Å². The lowest BCUT2D eigenvalue weighted by Crippen LogP contribution is -2.16. The average molecular weight is 278 g/mol. The second-order valence-corrected chi connectivity index (χ2v) is 4.42. The average Bonchev–Trinajstić information content (AvgIpc) is 3.04. The standard InChI is InChI=1S/C13H18N4O3/c1-4-6-9(13(18)19-5-2)12-14-11(16-20-12)10-7-8-17(3)15-10/h7-9H,4-6H2,1-3H3. The second kappa shape index (κ2) is 6.31. The minimum Gasteiger partial charge on any atom is -0.465 e. The van der Waals surface area contributed by atoms with Crippen LogP contribution in [-0.4, -0.2) is 32.5 Å². The molecule has 2 aromatic rings. The Labute approximate surface area is 116 Å². The SMILES string of the molecule is CCCC(C(=O)OCC)c1nc(-c2ccn(C)n2)no1. The van der Waals surface area contributed by atoms with E-state index < -0.39 is 5.92 Å². The van der Waals surface area contributed by atoms with Crippen LogP contribution >= 0.6 is 0 Å². The molecule has 0 fully saturated rings. The summed E-state index contributed by atoms with van der Waals surface area (Å²) < 4.78 is 11.9. The molecule has 1 unspecified atom stereocenters. The number of carbonyl (C=O) groups is 1. The molecule has 0 bridgehead atoms. The Morgan fingerprint density at radius 2 is 2.30 bits per heavy atom. The van der Waals surface area contributed by atoms with Gasteiger partial charge in [0.15, 0.2) is 0 Å². The molecule has 0 saturated carbocycles. The molecule has 1 atom stereocenters. The number of aryl methyl sites for hydroxylation is 1. The molecule has 0 N–H and O–H groups in total. The zero-order valence-electron chi connectivity index (χ0n) is 11.9. The minimum absolute atomic E-state index is 0.283. The topological polar surface area (TPSA) is 83.0 Å². The molecule has 108 valence electrons. The van der Waals surface area contributed by atoms with Gasteiger partial charge >= 0.3 is 5.97 Å². The lowest BCUT2D eigenvalue weighted by atomic mass is 10.0. The van der Waals surface area contributed by atoms with Crippen LogP contribution in [0.3, 0.4) is 0 Å². The minimum atomic E-state index is -0.509. The van der Waals surface area contributed by atoms with Gasteiger partial charge in [0.1, 0.15) is 11.6 Å². The number of esters is 1. The summed E-state index contributed by atoms with van der Waals surface area (Å²) in [5, 5.41) is 8.07. The Balaban J connectivity index is 2.22. The third-order valence-electron chi connectivity index (χ3n) is 2.83. The van der Waals surface area contributed by atoms with Gasteiger partial charge in [0.2, 0.25) is 11.7 Å². The predicted octanol–water partition coefficient (Wildman–Crippen LogP) is 1.92. The van der Waals surface area contributed by atoms with E-state index >= 15 is 0 Å². The first-order chi connectivity index (χ1) is 9.65. The van der Waals surface area contributed by atoms with Crippen molar-refractivity contribution >= 4 is 5.97 Å². The van der Waals surface area contributed by atoms with Crippen molar-refractivity contribution in [2.45, 2.75) is 32.6 Å². The van der Waals surface area contributed by atoms with Gasteiger partial charge in [-0.25, -0.2) is 0 Å². The maximum Gasteiger partial charge on any atom is 0.318 e. The zero-order chi connectivity index (χ0) is 14.5. The maximum absolute atomic E-state index is 11.9. The molecular formula is C13H18N4O3. The third kappa shape index (κ3) is 3.04. The molecule has 0 amide bonds. The molecule has 20 heavy (non-hydrogen) atoms. The molecule has 7 nitrogen and oxygen atoms in total. The van der Waals surface area contributed by atoms with Crippen LogP contribution in [0.25, 0.3) is 11.5 Å². The van der Waals surface area contributed by atoms with Crippen molar-refractivity contribution in [2.75, 3.05) is 6.61 Å². The van der Waals surface area contributed by atoms with Crippen molar-refractivity contribution in [3.63, 3.8) is 0 Å². The van der Waals surface area contributed by atoms with Crippen LogP contribution in [0.15, 0.2) is 16.8 Å². The summed E-state index contributed by atoms with van der Waals surface area (Å²) in [6, 6.07) is 1.79. The number of aromatic nitrogens is 4. The van der Waals surface area contributed by atoms with Gasteiger partial charge in [-0.15, -0.1) is 0 Å². The fourth-order valence-electron chi connectivity index (χ4n) is 1.89. The highest BCUT2D eigenvalue weighted by atomic mass is 16.5. The number of rotatable bonds is 6. The first kappa shape index (κ1) is 14.2. The number of ether oxygens (including phenoxy) is 1. The molecule has 0 aromatic carbocycles. The maximum atomic E-state index is 11.9. The fourth-order valence-corrected chi connectivity index (χ4v) is 1.89. The summed E-state index contributed by atoms with van der Waals surface area (Å²) in [4.78, 5) is 16.2. The zero-order valence-corrected chi connectivity index (χ0v) is 11.9. The van der Waals surface area contributed by atoms with E-state index in [1.165, 1.54) is 0 Å². The van der Waals surface area contributed by atoms with Gasteiger partial charge in [-0.05, 0) is 19.4 Å². The largest absolute Gasteiger partial charge is 0.465 e. The van der Waals surface area contributed by atoms with Crippen molar-refractivity contribution in [2.24, 2.45) is 7.05 Å². The number of nitrogens with zero attached hydrogens (tertiary/aromatic N) is 4. The van der Waals surface area contributed by atoms with E-state index in [0.29, 0.717) is 24.5 Å². The number of hydrogen-bond acceptors (Lipinski definition) is 6. The van der Waals surface area contributed by atoms with Crippen molar-refractivity contribution in [3.05, 3.63) is 18.2 Å². The molecule has 0 aliphatic heterocycles. The van der Waals surface area contributed by atoms with Crippen molar-refractivity contribution in [1.29, 1.82) is 0 Å². The van der Waals surface area contributed by atoms with Crippen molar-refractivity contribution in [3.8, 4) is 11.5 Å². The van der Waals surface area contributed by atoms with Gasteiger partial charge in [0, 0.05) is 13.2 Å². The summed E-state index contributed by atoms with van der Waals surface area (Å²) in [7, 11) is 1.81. The Morgan fingerprint density at radius 3 is 2.90 bits per heavy atom. The van der Waals surface area contributed by atoms with Crippen LogP contribution in [0.1, 0.15) is 38.5 Å². The molecule has 0 aliphatic rings. The van der Waals surface area contributed by atoms with E-state index in [9.17, 15) is 4.79 Å². The second-order valence-electron chi connectivity index (χ2n) is 4.42. The monoisotopic (exact) mass is 278 g/mol. The smallest absolute Gasteiger partial charge is 0.318 e. The third-order valence-corrected chi connectivity index (χ3v) is 2.83. The van der Waals surface area contributed by atoms with E-state index in [-0.39, 0.29) is 11.9 Å². The van der Waals surface area contributed by atoms with E-state index in [1.54, 1.807) is 23.9 Å². The van der Waals surface area contributed by atoms with Crippen LogP contribution < -0.4 is 0 Å². The Morgan fingerprint density at radius 1 is 1.50 bits per heavy atom. The number of carbonyl (C=O) groups excluding carboxylic acids is 1. The Bertz CT molecular complexity index is 576. The van der Waals surface area contributed by atoms with Gasteiger partial charge in [0.05, 0.1) is 6.61 Å². The van der Waals surface area contributed by atoms with Crippen LogP contribution in [0.4, 0.5) is 0 Å². The first-order valence-electron chi connectivity index (χ1n) is 6.66. The normalized spacial score (nSPS) is 12.3. The van der Waals surface area contributed by atoms with Gasteiger partial charge in [-0.3, -0.25) is 9.48 Å². The van der Waals surface area contributed by atoms with Crippen LogP contribution in [0.2, 0.25) is 0 Å². The van der Waals surface area contributed by atoms with Crippen LogP contribution in [0.5, 0.6) is 0 Å². The molecule has 7 heteroatoms. The summed E-state index contributed by atoms with van der Waals surface area (Å²) in [5.74, 6) is -0.174. The molecule has 0 saturated heterocycles. The van der Waals surface area contributed by atoms with E-state index in [4.69, 9.17) is 9.26 Å². The van der Waals surface area contributed by atoms with Gasteiger partial charge in [-0.1, -0.05) is 18.5 Å². The fraction of sp³-hybridized carbons (Fsp3) is 0.538. The van der Waals surface area contributed by atoms with Gasteiger partial charge < -0.3 is 9.26 Å². The van der Waals surface area contributed by atoms with Crippen LogP contribution in [-0.2, 0) is 16.6 Å². The van der Waals surface area contributed by atoms with Crippen molar-refractivity contribution < 1.29 is 14.1 Å². The van der Waals surface area contributed by atoms with Crippen LogP contribution in [0, 0.1) is 0 Å². The summed E-state index contributed by atoms with van der Waals surface area (Å²) >= 11 is 0. The predicted molar refractivity (Wildman–Crippen MR) is 70.8 cm³/mol. The van der Waals surface area contributed by atoms with E-state index in [0.717, 1.165) is 6.42 Å². The lowest BCUT2D eigenvalue weighted by Gasteiger charge is -2.09. The molecule has 2 heterocycles. The quantitative estimate of drug-likeness (QED) is 0.751. The summed E-state index contributed by atoms with van der Waals surface area (Å²) in [6.45, 7) is 4.09. The summed E-state index contributed by atoms with van der Waals surface area (Å²) in [5.41, 5.74) is 0.613. The van der Waals surface area contributed by atoms with Crippen molar-refractivity contribution in [1.82, 2.24) is 19.9 Å². The summed E-state index contributed by atoms with van der Waals surface area (Å²) in [6.07, 6.45) is 3.23. The lowest BCUT2D eigenvalue weighted by molar-refractivity contribution is -0.145. The first-order valence-corrected chi connectivity index (χ1v) is 6.66. The Hall–Kier alpha value is -2.18. The molecule has 0 radical (unpaired) electrons. The molecular weight excluding hydrogens is 260 g/mol. The molecule has 2 rings (SSSR count). The molecule has 2 aromatic heterocycles.